The first-order chi connectivity index (χ1) is 17.5. The van der Waals surface area contributed by atoms with E-state index in [1.807, 2.05) is 18.2 Å². The fourth-order valence-corrected chi connectivity index (χ4v) is 3.91. The van der Waals surface area contributed by atoms with Gasteiger partial charge in [-0.1, -0.05) is 54.1 Å². The molecule has 180 valence electrons. The van der Waals surface area contributed by atoms with Crippen LogP contribution < -0.4 is 10.1 Å². The number of carbonyl (C=O) groups excluding carboxylic acids is 1. The van der Waals surface area contributed by atoms with Crippen LogP contribution in [0.1, 0.15) is 21.9 Å². The maximum absolute atomic E-state index is 12.6. The van der Waals surface area contributed by atoms with E-state index in [0.717, 1.165) is 16.3 Å². The number of rotatable bonds is 8. The predicted octanol–water partition coefficient (Wildman–Crippen LogP) is 6.07. The normalized spacial score (nSPS) is 10.9. The van der Waals surface area contributed by atoms with Crippen LogP contribution in [0.2, 0.25) is 5.02 Å². The second kappa shape index (κ2) is 9.93. The van der Waals surface area contributed by atoms with Gasteiger partial charge >= 0.3 is 0 Å². The third-order valence-electron chi connectivity index (χ3n) is 5.48. The lowest BCUT2D eigenvalue weighted by Gasteiger charge is -2.07. The Kier molecular flexibility index (Phi) is 6.38. The maximum atomic E-state index is 12.6. The predicted molar refractivity (Wildman–Crippen MR) is 134 cm³/mol. The van der Waals surface area contributed by atoms with Crippen molar-refractivity contribution >= 4 is 39.8 Å². The van der Waals surface area contributed by atoms with E-state index < -0.39 is 10.8 Å². The van der Waals surface area contributed by atoms with Crippen LogP contribution in [0.15, 0.2) is 89.5 Å². The van der Waals surface area contributed by atoms with Gasteiger partial charge in [-0.25, -0.2) is 0 Å². The Hall–Kier alpha value is -4.63. The molecule has 0 atom stereocenters. The lowest BCUT2D eigenvalue weighted by atomic mass is 10.0. The number of carbonyl (C=O) groups is 1. The number of furan rings is 1. The molecule has 0 unspecified atom stereocenters. The Morgan fingerprint density at radius 2 is 1.92 bits per heavy atom. The van der Waals surface area contributed by atoms with Gasteiger partial charge in [0.15, 0.2) is 11.6 Å². The summed E-state index contributed by atoms with van der Waals surface area (Å²) in [6.45, 7) is 0.494. The minimum absolute atomic E-state index is 0.0617. The summed E-state index contributed by atoms with van der Waals surface area (Å²) in [4.78, 5) is 23.0. The van der Waals surface area contributed by atoms with Gasteiger partial charge in [-0.05, 0) is 34.5 Å². The summed E-state index contributed by atoms with van der Waals surface area (Å²) >= 11 is 6.04. The van der Waals surface area contributed by atoms with E-state index in [1.54, 1.807) is 23.0 Å². The summed E-state index contributed by atoms with van der Waals surface area (Å²) in [5, 5.41) is 20.6. The largest absolute Gasteiger partial charge is 0.484 e. The highest BCUT2D eigenvalue weighted by atomic mass is 35.5. The quantitative estimate of drug-likeness (QED) is 0.203. The van der Waals surface area contributed by atoms with Gasteiger partial charge in [0.05, 0.1) is 22.6 Å². The van der Waals surface area contributed by atoms with Crippen LogP contribution in [-0.4, -0.2) is 20.6 Å². The third kappa shape index (κ3) is 5.06. The van der Waals surface area contributed by atoms with Crippen molar-refractivity contribution in [1.29, 1.82) is 0 Å². The van der Waals surface area contributed by atoms with Crippen LogP contribution in [-0.2, 0) is 13.2 Å². The lowest BCUT2D eigenvalue weighted by molar-refractivity contribution is -0.384. The molecule has 0 fully saturated rings. The van der Waals surface area contributed by atoms with Crippen LogP contribution in [0.4, 0.5) is 11.5 Å². The second-order valence-corrected chi connectivity index (χ2v) is 8.32. The van der Waals surface area contributed by atoms with E-state index in [1.165, 1.54) is 24.3 Å². The van der Waals surface area contributed by atoms with E-state index in [-0.39, 0.29) is 28.8 Å². The minimum Gasteiger partial charge on any atom is -0.484 e. The van der Waals surface area contributed by atoms with Gasteiger partial charge < -0.3 is 14.5 Å². The molecule has 9 nitrogen and oxygen atoms in total. The molecular weight excluding hydrogens is 484 g/mol. The number of nitrogens with zero attached hydrogens (tertiary/aromatic N) is 3. The van der Waals surface area contributed by atoms with E-state index in [4.69, 9.17) is 20.8 Å². The fourth-order valence-electron chi connectivity index (χ4n) is 3.74. The zero-order valence-corrected chi connectivity index (χ0v) is 19.5. The molecular formula is C26H19ClN4O5. The summed E-state index contributed by atoms with van der Waals surface area (Å²) < 4.78 is 12.8. The van der Waals surface area contributed by atoms with Crippen molar-refractivity contribution in [2.75, 3.05) is 5.32 Å². The number of nitro groups is 1. The molecule has 0 aliphatic rings. The molecule has 36 heavy (non-hydrogen) atoms. The van der Waals surface area contributed by atoms with Crippen molar-refractivity contribution < 1.29 is 18.9 Å². The van der Waals surface area contributed by atoms with Crippen LogP contribution in [0, 0.1) is 10.1 Å². The Balaban J connectivity index is 1.21. The molecule has 0 spiro atoms. The molecule has 1 amide bonds. The molecule has 0 bridgehead atoms. The van der Waals surface area contributed by atoms with Gasteiger partial charge in [-0.3, -0.25) is 19.6 Å². The van der Waals surface area contributed by atoms with E-state index >= 15 is 0 Å². The summed E-state index contributed by atoms with van der Waals surface area (Å²) in [5.74, 6) is 0.486. The van der Waals surface area contributed by atoms with Crippen LogP contribution in [0.5, 0.6) is 5.75 Å². The minimum atomic E-state index is -0.540. The average Bonchev–Trinajstić information content (AvgIpc) is 3.53. The van der Waals surface area contributed by atoms with Gasteiger partial charge in [0, 0.05) is 18.3 Å². The molecule has 0 saturated carbocycles. The first kappa shape index (κ1) is 23.1. The molecule has 3 aromatic carbocycles. The Morgan fingerprint density at radius 3 is 2.78 bits per heavy atom. The highest BCUT2D eigenvalue weighted by Gasteiger charge is 2.15. The highest BCUT2D eigenvalue weighted by Crippen LogP contribution is 2.29. The van der Waals surface area contributed by atoms with Crippen LogP contribution in [0.25, 0.3) is 10.8 Å². The van der Waals surface area contributed by atoms with Crippen molar-refractivity contribution in [2.45, 2.75) is 13.2 Å². The highest BCUT2D eigenvalue weighted by molar-refractivity contribution is 6.32. The summed E-state index contributed by atoms with van der Waals surface area (Å²) in [6.07, 6.45) is 1.79. The number of anilines is 1. The van der Waals surface area contributed by atoms with Crippen molar-refractivity contribution in [3.05, 3.63) is 117 Å². The molecule has 0 radical (unpaired) electrons. The molecule has 2 aromatic heterocycles. The standard InChI is InChI=1S/C26H19ClN4O5/c27-22-10-8-19(31(33)34)14-24(22)35-16-20-9-11-23(36-20)26(32)28-25-12-13-30(29-25)15-18-6-3-5-17-4-1-2-7-21(17)18/h1-14H,15-16H2,(H,28,29,32). The van der Waals surface area contributed by atoms with Crippen molar-refractivity contribution in [1.82, 2.24) is 9.78 Å². The summed E-state index contributed by atoms with van der Waals surface area (Å²) in [5.41, 5.74) is 0.974. The summed E-state index contributed by atoms with van der Waals surface area (Å²) in [6, 6.07) is 23.0. The number of nitro benzene ring substituents is 1. The maximum Gasteiger partial charge on any atom is 0.292 e. The monoisotopic (exact) mass is 502 g/mol. The molecule has 0 saturated heterocycles. The topological polar surface area (TPSA) is 112 Å². The van der Waals surface area contributed by atoms with Gasteiger partial charge in [0.2, 0.25) is 0 Å². The van der Waals surface area contributed by atoms with E-state index in [2.05, 4.69) is 34.7 Å². The molecule has 0 aliphatic heterocycles. The number of amides is 1. The van der Waals surface area contributed by atoms with E-state index in [0.29, 0.717) is 18.1 Å². The number of halogens is 1. The first-order valence-electron chi connectivity index (χ1n) is 10.9. The molecule has 0 aliphatic carbocycles. The Labute approximate surface area is 210 Å². The van der Waals surface area contributed by atoms with Gasteiger partial charge in [0.1, 0.15) is 18.1 Å². The third-order valence-corrected chi connectivity index (χ3v) is 5.79. The number of aromatic nitrogens is 2. The smallest absolute Gasteiger partial charge is 0.292 e. The fraction of sp³-hybridized carbons (Fsp3) is 0.0769. The average molecular weight is 503 g/mol. The number of fused-ring (bicyclic) bond motifs is 1. The van der Waals surface area contributed by atoms with Gasteiger partial charge in [-0.15, -0.1) is 0 Å². The molecule has 1 N–H and O–H groups in total. The van der Waals surface area contributed by atoms with Crippen molar-refractivity contribution in [3.63, 3.8) is 0 Å². The Morgan fingerprint density at radius 1 is 1.08 bits per heavy atom. The summed E-state index contributed by atoms with van der Waals surface area (Å²) in [7, 11) is 0. The zero-order valence-electron chi connectivity index (χ0n) is 18.8. The number of ether oxygens (including phenoxy) is 1. The number of hydrogen-bond acceptors (Lipinski definition) is 6. The molecule has 2 heterocycles. The number of nitrogens with one attached hydrogen (secondary N) is 1. The number of benzene rings is 3. The first-order valence-corrected chi connectivity index (χ1v) is 11.3. The van der Waals surface area contributed by atoms with E-state index in [9.17, 15) is 14.9 Å². The van der Waals surface area contributed by atoms with Crippen LogP contribution >= 0.6 is 11.6 Å². The second-order valence-electron chi connectivity index (χ2n) is 7.92. The van der Waals surface area contributed by atoms with Gasteiger partial charge in [0.25, 0.3) is 11.6 Å². The Bertz CT molecular complexity index is 1570. The van der Waals surface area contributed by atoms with Crippen LogP contribution in [0.3, 0.4) is 0 Å². The SMILES string of the molecule is O=C(Nc1ccn(Cc2cccc3ccccc23)n1)c1ccc(COc2cc([N+](=O)[O-])ccc2Cl)o1. The van der Waals surface area contributed by atoms with Crippen molar-refractivity contribution in [3.8, 4) is 5.75 Å². The lowest BCUT2D eigenvalue weighted by Crippen LogP contribution is -2.12. The number of non-ortho nitro benzene ring substituents is 1. The molecule has 5 rings (SSSR count). The zero-order chi connectivity index (χ0) is 25.1. The van der Waals surface area contributed by atoms with Crippen molar-refractivity contribution in [2.24, 2.45) is 0 Å². The van der Waals surface area contributed by atoms with Gasteiger partial charge in [-0.2, -0.15) is 5.10 Å². The molecule has 5 aromatic rings. The number of hydrogen-bond donors (Lipinski definition) is 1. The molecule has 10 heteroatoms.